The first-order valence-electron chi connectivity index (χ1n) is 3.71. The SMILES string of the molecule is Cc1cc(C)c(C(=O)NO)c(=O)[nH]1. The van der Waals surface area contributed by atoms with Crippen molar-refractivity contribution >= 4 is 5.91 Å². The molecule has 1 heterocycles. The molecule has 1 rings (SSSR count). The number of rotatable bonds is 1. The van der Waals surface area contributed by atoms with E-state index in [-0.39, 0.29) is 5.56 Å². The molecule has 0 aromatic carbocycles. The van der Waals surface area contributed by atoms with Crippen LogP contribution in [0.15, 0.2) is 10.9 Å². The van der Waals surface area contributed by atoms with Crippen molar-refractivity contribution in [2.45, 2.75) is 13.8 Å². The van der Waals surface area contributed by atoms with Crippen molar-refractivity contribution in [3.8, 4) is 0 Å². The summed E-state index contributed by atoms with van der Waals surface area (Å²) in [7, 11) is 0. The second-order valence-corrected chi connectivity index (χ2v) is 2.78. The summed E-state index contributed by atoms with van der Waals surface area (Å²) in [5, 5.41) is 8.35. The van der Waals surface area contributed by atoms with E-state index in [1.54, 1.807) is 19.9 Å². The fraction of sp³-hybridized carbons (Fsp3) is 0.250. The monoisotopic (exact) mass is 182 g/mol. The van der Waals surface area contributed by atoms with E-state index in [2.05, 4.69) is 4.98 Å². The van der Waals surface area contributed by atoms with E-state index in [9.17, 15) is 9.59 Å². The van der Waals surface area contributed by atoms with E-state index in [4.69, 9.17) is 5.21 Å². The molecule has 13 heavy (non-hydrogen) atoms. The summed E-state index contributed by atoms with van der Waals surface area (Å²) in [5.41, 5.74) is 2.08. The van der Waals surface area contributed by atoms with Gasteiger partial charge < -0.3 is 4.98 Å². The summed E-state index contributed by atoms with van der Waals surface area (Å²) >= 11 is 0. The van der Waals surface area contributed by atoms with Crippen molar-refractivity contribution in [1.29, 1.82) is 0 Å². The average molecular weight is 182 g/mol. The van der Waals surface area contributed by atoms with E-state index in [1.807, 2.05) is 0 Å². The Balaban J connectivity index is 3.38. The normalized spacial score (nSPS) is 9.77. The number of H-pyrrole nitrogens is 1. The lowest BCUT2D eigenvalue weighted by Gasteiger charge is -2.02. The van der Waals surface area contributed by atoms with Crippen molar-refractivity contribution in [3.05, 3.63) is 33.2 Å². The molecule has 1 amide bonds. The molecule has 0 saturated carbocycles. The molecule has 1 aromatic heterocycles. The van der Waals surface area contributed by atoms with Gasteiger partial charge in [-0.05, 0) is 25.5 Å². The molecule has 0 aliphatic rings. The predicted molar refractivity (Wildman–Crippen MR) is 45.8 cm³/mol. The third kappa shape index (κ3) is 1.75. The van der Waals surface area contributed by atoms with Gasteiger partial charge in [0.1, 0.15) is 5.56 Å². The Morgan fingerprint density at radius 3 is 2.62 bits per heavy atom. The maximum absolute atomic E-state index is 11.2. The number of pyridine rings is 1. The Bertz CT molecular complexity index is 395. The molecule has 0 radical (unpaired) electrons. The number of aryl methyl sites for hydroxylation is 2. The maximum atomic E-state index is 11.2. The molecule has 0 spiro atoms. The number of hydrogen-bond acceptors (Lipinski definition) is 3. The van der Waals surface area contributed by atoms with Gasteiger partial charge in [-0.1, -0.05) is 0 Å². The fourth-order valence-electron chi connectivity index (χ4n) is 1.19. The third-order valence-electron chi connectivity index (χ3n) is 1.69. The minimum Gasteiger partial charge on any atom is -0.326 e. The highest BCUT2D eigenvalue weighted by Gasteiger charge is 2.12. The maximum Gasteiger partial charge on any atom is 0.280 e. The summed E-state index contributed by atoms with van der Waals surface area (Å²) in [6.45, 7) is 3.35. The molecule has 0 fully saturated rings. The molecule has 3 N–H and O–H groups in total. The molecule has 70 valence electrons. The van der Waals surface area contributed by atoms with Crippen LogP contribution in [0.4, 0.5) is 0 Å². The summed E-state index contributed by atoms with van der Waals surface area (Å²) in [5.74, 6) is -0.793. The van der Waals surface area contributed by atoms with Crippen LogP contribution in [0.5, 0.6) is 0 Å². The number of nitrogens with one attached hydrogen (secondary N) is 2. The van der Waals surface area contributed by atoms with Gasteiger partial charge in [0, 0.05) is 5.69 Å². The van der Waals surface area contributed by atoms with Crippen molar-refractivity contribution in [2.75, 3.05) is 0 Å². The molecule has 5 nitrogen and oxygen atoms in total. The Hall–Kier alpha value is -1.62. The van der Waals surface area contributed by atoms with Gasteiger partial charge >= 0.3 is 0 Å². The molecule has 0 unspecified atom stereocenters. The van der Waals surface area contributed by atoms with Crippen molar-refractivity contribution in [1.82, 2.24) is 10.5 Å². The largest absolute Gasteiger partial charge is 0.326 e. The quantitative estimate of drug-likeness (QED) is 0.426. The molecular formula is C8H10N2O3. The lowest BCUT2D eigenvalue weighted by atomic mass is 10.1. The summed E-state index contributed by atoms with van der Waals surface area (Å²) < 4.78 is 0. The van der Waals surface area contributed by atoms with Gasteiger partial charge in [-0.25, -0.2) is 5.48 Å². The second-order valence-electron chi connectivity index (χ2n) is 2.78. The fourth-order valence-corrected chi connectivity index (χ4v) is 1.19. The second kappa shape index (κ2) is 3.40. The molecule has 0 saturated heterocycles. The zero-order valence-electron chi connectivity index (χ0n) is 7.34. The number of carbonyl (C=O) groups is 1. The third-order valence-corrected chi connectivity index (χ3v) is 1.69. The van der Waals surface area contributed by atoms with Crippen LogP contribution >= 0.6 is 0 Å². The minimum absolute atomic E-state index is 0.0619. The number of aromatic amines is 1. The van der Waals surface area contributed by atoms with Crippen molar-refractivity contribution in [2.24, 2.45) is 0 Å². The molecule has 0 aliphatic carbocycles. The topological polar surface area (TPSA) is 82.2 Å². The number of carbonyl (C=O) groups excluding carboxylic acids is 1. The van der Waals surface area contributed by atoms with Crippen LogP contribution in [0.2, 0.25) is 0 Å². The summed E-state index contributed by atoms with van der Waals surface area (Å²) in [6.07, 6.45) is 0. The Morgan fingerprint density at radius 1 is 1.54 bits per heavy atom. The van der Waals surface area contributed by atoms with E-state index in [1.165, 1.54) is 5.48 Å². The van der Waals surface area contributed by atoms with Gasteiger partial charge in [-0.3, -0.25) is 14.8 Å². The summed E-state index contributed by atoms with van der Waals surface area (Å²) in [4.78, 5) is 24.7. The zero-order valence-corrected chi connectivity index (χ0v) is 7.34. The highest BCUT2D eigenvalue weighted by atomic mass is 16.5. The van der Waals surface area contributed by atoms with Crippen molar-refractivity contribution in [3.63, 3.8) is 0 Å². The minimum atomic E-state index is -0.793. The molecular weight excluding hydrogens is 172 g/mol. The smallest absolute Gasteiger partial charge is 0.280 e. The zero-order chi connectivity index (χ0) is 10.0. The number of aromatic nitrogens is 1. The first-order chi connectivity index (χ1) is 6.06. The predicted octanol–water partition coefficient (Wildman–Crippen LogP) is 0.111. The number of amides is 1. The first kappa shape index (κ1) is 9.47. The highest BCUT2D eigenvalue weighted by Crippen LogP contribution is 2.02. The van der Waals surface area contributed by atoms with Crippen LogP contribution in [-0.4, -0.2) is 16.1 Å². The number of hydrogen-bond donors (Lipinski definition) is 3. The average Bonchev–Trinajstić information content (AvgIpc) is 2.02. The van der Waals surface area contributed by atoms with E-state index in [0.717, 1.165) is 0 Å². The standard InChI is InChI=1S/C8H10N2O3/c1-4-3-5(2)9-7(11)6(4)8(12)10-13/h3,13H,1-2H3,(H,9,11)(H,10,12). The van der Waals surface area contributed by atoms with Crippen LogP contribution in [0.3, 0.4) is 0 Å². The Labute approximate surface area is 74.4 Å². The van der Waals surface area contributed by atoms with E-state index in [0.29, 0.717) is 11.3 Å². The Morgan fingerprint density at radius 2 is 2.15 bits per heavy atom. The lowest BCUT2D eigenvalue weighted by Crippen LogP contribution is -2.28. The van der Waals surface area contributed by atoms with Crippen LogP contribution < -0.4 is 11.0 Å². The van der Waals surface area contributed by atoms with Gasteiger partial charge in [-0.15, -0.1) is 0 Å². The molecule has 1 aromatic rings. The molecule has 0 aliphatic heterocycles. The summed E-state index contributed by atoms with van der Waals surface area (Å²) in [6, 6.07) is 1.66. The van der Waals surface area contributed by atoms with Gasteiger partial charge in [0.15, 0.2) is 0 Å². The van der Waals surface area contributed by atoms with Crippen LogP contribution in [0, 0.1) is 13.8 Å². The van der Waals surface area contributed by atoms with Crippen LogP contribution in [0.25, 0.3) is 0 Å². The van der Waals surface area contributed by atoms with Crippen molar-refractivity contribution < 1.29 is 10.0 Å². The van der Waals surface area contributed by atoms with Gasteiger partial charge in [-0.2, -0.15) is 0 Å². The van der Waals surface area contributed by atoms with Crippen LogP contribution in [0.1, 0.15) is 21.6 Å². The molecule has 0 bridgehead atoms. The van der Waals surface area contributed by atoms with E-state index < -0.39 is 11.5 Å². The Kier molecular flexibility index (Phi) is 2.48. The first-order valence-corrected chi connectivity index (χ1v) is 3.71. The lowest BCUT2D eigenvalue weighted by molar-refractivity contribution is 0.0704. The highest BCUT2D eigenvalue weighted by molar-refractivity contribution is 5.94. The molecule has 0 atom stereocenters. The van der Waals surface area contributed by atoms with E-state index >= 15 is 0 Å². The van der Waals surface area contributed by atoms with Gasteiger partial charge in [0.25, 0.3) is 11.5 Å². The number of hydroxylamine groups is 1. The van der Waals surface area contributed by atoms with Crippen LogP contribution in [-0.2, 0) is 0 Å². The van der Waals surface area contributed by atoms with Gasteiger partial charge in [0.05, 0.1) is 0 Å². The molecule has 5 heteroatoms. The van der Waals surface area contributed by atoms with Gasteiger partial charge in [0.2, 0.25) is 0 Å².